The van der Waals surface area contributed by atoms with E-state index in [0.717, 1.165) is 6.42 Å². The van der Waals surface area contributed by atoms with Crippen molar-refractivity contribution in [2.45, 2.75) is 25.8 Å². The monoisotopic (exact) mass is 478 g/mol. The van der Waals surface area contributed by atoms with Gasteiger partial charge >= 0.3 is 0 Å². The van der Waals surface area contributed by atoms with E-state index in [2.05, 4.69) is 20.6 Å². The number of para-hydroxylation sites is 2. The molecule has 35 heavy (non-hydrogen) atoms. The summed E-state index contributed by atoms with van der Waals surface area (Å²) in [5, 5.41) is 29.1. The van der Waals surface area contributed by atoms with Crippen LogP contribution in [0, 0.1) is 20.2 Å². The highest BCUT2D eigenvalue weighted by molar-refractivity contribution is 6.01. The molecule has 0 saturated heterocycles. The Kier molecular flexibility index (Phi) is 6.44. The first-order valence-electron chi connectivity index (χ1n) is 10.9. The highest BCUT2D eigenvalue weighted by Crippen LogP contribution is 2.26. The highest BCUT2D eigenvalue weighted by atomic mass is 16.6. The fourth-order valence-electron chi connectivity index (χ4n) is 3.98. The van der Waals surface area contributed by atoms with Gasteiger partial charge in [0.1, 0.15) is 22.4 Å². The van der Waals surface area contributed by atoms with E-state index in [1.165, 1.54) is 24.3 Å². The van der Waals surface area contributed by atoms with Crippen molar-refractivity contribution in [2.75, 3.05) is 6.54 Å². The van der Waals surface area contributed by atoms with Crippen LogP contribution in [-0.4, -0.2) is 44.2 Å². The summed E-state index contributed by atoms with van der Waals surface area (Å²) < 4.78 is 0. The summed E-state index contributed by atoms with van der Waals surface area (Å²) >= 11 is 0. The quantitative estimate of drug-likeness (QED) is 0.210. The number of aromatic nitrogens is 2. The van der Waals surface area contributed by atoms with Crippen LogP contribution in [0.15, 0.2) is 48.5 Å². The third-order valence-corrected chi connectivity index (χ3v) is 5.63. The molecule has 12 nitrogen and oxygen atoms in total. The second kappa shape index (κ2) is 9.63. The second-order valence-corrected chi connectivity index (χ2v) is 8.03. The van der Waals surface area contributed by atoms with Gasteiger partial charge in [-0.2, -0.15) is 0 Å². The highest BCUT2D eigenvalue weighted by Gasteiger charge is 2.21. The number of nitrogens with zero attached hydrogens (tertiary/aromatic N) is 2. The van der Waals surface area contributed by atoms with Crippen LogP contribution in [0.25, 0.3) is 21.8 Å². The second-order valence-electron chi connectivity index (χ2n) is 8.03. The topological polar surface area (TPSA) is 176 Å². The number of aromatic amines is 2. The summed E-state index contributed by atoms with van der Waals surface area (Å²) in [6, 6.07) is 11.8. The molecular formula is C23H22N6O6. The number of rotatable bonds is 9. The predicted octanol–water partition coefficient (Wildman–Crippen LogP) is 3.79. The lowest BCUT2D eigenvalue weighted by Crippen LogP contribution is -2.43. The minimum Gasteiger partial charge on any atom is -0.349 e. The molecular weight excluding hydrogens is 456 g/mol. The lowest BCUT2D eigenvalue weighted by atomic mass is 10.1. The number of nitrogens with one attached hydrogen (secondary N) is 4. The molecule has 0 fully saturated rings. The molecule has 0 radical (unpaired) electrons. The molecule has 180 valence electrons. The Bertz CT molecular complexity index is 1460. The standard InChI is InChI=1S/C23H22N6O6/c1-2-5-15(25-23(31)17-11-14-7-4-9-19(29(34)35)21(14)27-17)12-24-22(30)16-10-13-6-3-8-18(28(32)33)20(13)26-16/h3-4,6-11,15,26-27H,2,5,12H2,1H3,(H,24,30)(H,25,31). The van der Waals surface area contributed by atoms with Crippen molar-refractivity contribution < 1.29 is 19.4 Å². The van der Waals surface area contributed by atoms with E-state index in [1.807, 2.05) is 6.92 Å². The van der Waals surface area contributed by atoms with Crippen molar-refractivity contribution in [1.29, 1.82) is 0 Å². The maximum Gasteiger partial charge on any atom is 0.293 e. The van der Waals surface area contributed by atoms with Gasteiger partial charge in [-0.3, -0.25) is 29.8 Å². The fraction of sp³-hybridized carbons (Fsp3) is 0.217. The van der Waals surface area contributed by atoms with Crippen LogP contribution >= 0.6 is 0 Å². The van der Waals surface area contributed by atoms with E-state index in [0.29, 0.717) is 17.2 Å². The maximum atomic E-state index is 12.8. The first-order chi connectivity index (χ1) is 16.8. The number of hydrogen-bond acceptors (Lipinski definition) is 6. The summed E-state index contributed by atoms with van der Waals surface area (Å²) in [4.78, 5) is 52.5. The van der Waals surface area contributed by atoms with Gasteiger partial charge in [-0.15, -0.1) is 0 Å². The molecule has 4 rings (SSSR count). The fourth-order valence-corrected chi connectivity index (χ4v) is 3.98. The molecule has 4 aromatic rings. The van der Waals surface area contributed by atoms with Crippen molar-refractivity contribution in [2.24, 2.45) is 0 Å². The van der Waals surface area contributed by atoms with Gasteiger partial charge in [0.2, 0.25) is 0 Å². The number of fused-ring (bicyclic) bond motifs is 2. The minimum atomic E-state index is -0.522. The summed E-state index contributed by atoms with van der Waals surface area (Å²) in [5.74, 6) is -0.920. The smallest absolute Gasteiger partial charge is 0.293 e. The van der Waals surface area contributed by atoms with E-state index in [-0.39, 0.29) is 40.3 Å². The van der Waals surface area contributed by atoms with Gasteiger partial charge in [0.25, 0.3) is 23.2 Å². The molecule has 1 unspecified atom stereocenters. The summed E-state index contributed by atoms with van der Waals surface area (Å²) in [7, 11) is 0. The number of nitro groups is 2. The van der Waals surface area contributed by atoms with Crippen molar-refractivity contribution in [1.82, 2.24) is 20.6 Å². The van der Waals surface area contributed by atoms with Gasteiger partial charge in [-0.25, -0.2) is 0 Å². The number of nitro benzene ring substituents is 2. The Morgan fingerprint density at radius 2 is 1.40 bits per heavy atom. The third kappa shape index (κ3) is 4.81. The zero-order valence-electron chi connectivity index (χ0n) is 18.7. The molecule has 12 heteroatoms. The zero-order chi connectivity index (χ0) is 25.1. The molecule has 0 bridgehead atoms. The predicted molar refractivity (Wildman–Crippen MR) is 128 cm³/mol. The van der Waals surface area contributed by atoms with E-state index >= 15 is 0 Å². The largest absolute Gasteiger partial charge is 0.349 e. The van der Waals surface area contributed by atoms with Crippen LogP contribution in [0.5, 0.6) is 0 Å². The average Bonchev–Trinajstić information content (AvgIpc) is 3.46. The lowest BCUT2D eigenvalue weighted by Gasteiger charge is -2.18. The van der Waals surface area contributed by atoms with Crippen LogP contribution in [0.1, 0.15) is 40.7 Å². The van der Waals surface area contributed by atoms with Crippen LogP contribution < -0.4 is 10.6 Å². The molecule has 0 aliphatic rings. The molecule has 2 heterocycles. The first kappa shape index (κ1) is 23.4. The van der Waals surface area contributed by atoms with E-state index in [9.17, 15) is 29.8 Å². The van der Waals surface area contributed by atoms with E-state index in [4.69, 9.17) is 0 Å². The lowest BCUT2D eigenvalue weighted by molar-refractivity contribution is -0.383. The van der Waals surface area contributed by atoms with Gasteiger partial charge in [0, 0.05) is 35.5 Å². The van der Waals surface area contributed by atoms with Crippen LogP contribution in [-0.2, 0) is 0 Å². The summed E-state index contributed by atoms with van der Waals surface area (Å²) in [5.41, 5.74) is 0.599. The number of H-pyrrole nitrogens is 2. The maximum absolute atomic E-state index is 12.8. The SMILES string of the molecule is CCCC(CNC(=O)c1cc2cccc([N+](=O)[O-])c2[nH]1)NC(=O)c1cc2cccc([N+](=O)[O-])c2[nH]1. The van der Waals surface area contributed by atoms with Gasteiger partial charge < -0.3 is 20.6 Å². The number of carbonyl (C=O) groups excluding carboxylic acids is 2. The Morgan fingerprint density at radius 1 is 0.886 bits per heavy atom. The summed E-state index contributed by atoms with van der Waals surface area (Å²) in [6.07, 6.45) is 1.31. The molecule has 2 amide bonds. The number of amides is 2. The molecule has 4 N–H and O–H groups in total. The van der Waals surface area contributed by atoms with Gasteiger partial charge in [-0.1, -0.05) is 37.6 Å². The number of benzene rings is 2. The molecule has 0 saturated carbocycles. The Hall–Kier alpha value is -4.74. The van der Waals surface area contributed by atoms with E-state index in [1.54, 1.807) is 24.3 Å². The van der Waals surface area contributed by atoms with Crippen LogP contribution in [0.2, 0.25) is 0 Å². The van der Waals surface area contributed by atoms with Gasteiger partial charge in [0.05, 0.1) is 9.85 Å². The van der Waals surface area contributed by atoms with E-state index < -0.39 is 27.7 Å². The minimum absolute atomic E-state index is 0.121. The molecule has 2 aromatic carbocycles. The van der Waals surface area contributed by atoms with Gasteiger partial charge in [-0.05, 0) is 18.6 Å². The van der Waals surface area contributed by atoms with Crippen LogP contribution in [0.3, 0.4) is 0 Å². The van der Waals surface area contributed by atoms with Crippen molar-refractivity contribution in [3.8, 4) is 0 Å². The van der Waals surface area contributed by atoms with Gasteiger partial charge in [0.15, 0.2) is 0 Å². The third-order valence-electron chi connectivity index (χ3n) is 5.63. The molecule has 1 atom stereocenters. The first-order valence-corrected chi connectivity index (χ1v) is 10.9. The molecule has 0 spiro atoms. The Morgan fingerprint density at radius 3 is 1.89 bits per heavy atom. The number of carbonyl (C=O) groups is 2. The normalized spacial score (nSPS) is 11.9. The van der Waals surface area contributed by atoms with Crippen molar-refractivity contribution >= 4 is 45.0 Å². The average molecular weight is 478 g/mol. The molecule has 2 aromatic heterocycles. The number of hydrogen-bond donors (Lipinski definition) is 4. The van der Waals surface area contributed by atoms with Crippen molar-refractivity contribution in [3.63, 3.8) is 0 Å². The zero-order valence-corrected chi connectivity index (χ0v) is 18.7. The summed E-state index contributed by atoms with van der Waals surface area (Å²) in [6.45, 7) is 2.06. The number of non-ortho nitro benzene ring substituents is 2. The van der Waals surface area contributed by atoms with Crippen molar-refractivity contribution in [3.05, 3.63) is 80.1 Å². The van der Waals surface area contributed by atoms with Crippen LogP contribution in [0.4, 0.5) is 11.4 Å². The Balaban J connectivity index is 1.46. The Labute approximate surface area is 198 Å². The molecule has 0 aliphatic heterocycles. The molecule has 0 aliphatic carbocycles.